The summed E-state index contributed by atoms with van der Waals surface area (Å²) in [6.45, 7) is 12.6. The number of hydrogen-bond donors (Lipinski definition) is 1. The van der Waals surface area contributed by atoms with Gasteiger partial charge < -0.3 is 5.11 Å². The lowest BCUT2D eigenvalue weighted by molar-refractivity contribution is -0.00562. The minimum Gasteiger partial charge on any atom is -0.508 e. The minimum atomic E-state index is 0.117. The van der Waals surface area contributed by atoms with Gasteiger partial charge in [0.1, 0.15) is 5.75 Å². The van der Waals surface area contributed by atoms with Crippen LogP contribution >= 0.6 is 0 Å². The first kappa shape index (κ1) is 18.5. The van der Waals surface area contributed by atoms with E-state index in [0.717, 1.165) is 39.1 Å². The van der Waals surface area contributed by atoms with Gasteiger partial charge in [-0.25, -0.2) is 0 Å². The molecular formula is C24H32N2O. The van der Waals surface area contributed by atoms with Crippen molar-refractivity contribution in [2.45, 2.75) is 45.2 Å². The number of piperazine rings is 1. The van der Waals surface area contributed by atoms with E-state index in [1.54, 1.807) is 6.07 Å². The summed E-state index contributed by atoms with van der Waals surface area (Å²) in [5, 5.41) is 9.99. The van der Waals surface area contributed by atoms with Gasteiger partial charge in [-0.1, -0.05) is 50.2 Å². The van der Waals surface area contributed by atoms with E-state index in [-0.39, 0.29) is 5.41 Å². The first-order chi connectivity index (χ1) is 13.0. The summed E-state index contributed by atoms with van der Waals surface area (Å²) in [6.07, 6.45) is 1.15. The molecule has 2 aromatic carbocycles. The Morgan fingerprint density at radius 1 is 1.07 bits per heavy atom. The second kappa shape index (κ2) is 7.29. The van der Waals surface area contributed by atoms with Gasteiger partial charge in [0.25, 0.3) is 0 Å². The summed E-state index contributed by atoms with van der Waals surface area (Å²) in [5.74, 6) is 0.964. The molecule has 0 amide bonds. The zero-order valence-corrected chi connectivity index (χ0v) is 16.9. The van der Waals surface area contributed by atoms with Crippen molar-refractivity contribution in [3.05, 3.63) is 65.2 Å². The van der Waals surface area contributed by atoms with Gasteiger partial charge in [0.05, 0.1) is 0 Å². The standard InChI is InChI=1S/C24H32N2O/c1-18-7-4-5-8-20(18)16-25-11-12-26-15-19(2)24(3,14-22(26)17-25)21-9-6-10-23(27)13-21/h4-10,13,19,22,27H,11-12,14-17H2,1-3H3/t19-,22+,24?/m0/s1. The highest BCUT2D eigenvalue weighted by molar-refractivity contribution is 5.34. The third-order valence-corrected chi connectivity index (χ3v) is 7.11. The molecule has 0 aliphatic carbocycles. The predicted molar refractivity (Wildman–Crippen MR) is 111 cm³/mol. The fourth-order valence-electron chi connectivity index (χ4n) is 5.07. The number of piperidine rings is 1. The zero-order chi connectivity index (χ0) is 19.0. The van der Waals surface area contributed by atoms with Crippen molar-refractivity contribution < 1.29 is 5.11 Å². The van der Waals surface area contributed by atoms with E-state index in [2.05, 4.69) is 60.9 Å². The number of nitrogens with zero attached hydrogens (tertiary/aromatic N) is 2. The Morgan fingerprint density at radius 3 is 2.67 bits per heavy atom. The Morgan fingerprint density at radius 2 is 1.89 bits per heavy atom. The number of aryl methyl sites for hydroxylation is 1. The highest BCUT2D eigenvalue weighted by Gasteiger charge is 2.44. The maximum atomic E-state index is 9.99. The van der Waals surface area contributed by atoms with Crippen LogP contribution in [0, 0.1) is 12.8 Å². The first-order valence-electron chi connectivity index (χ1n) is 10.3. The van der Waals surface area contributed by atoms with E-state index >= 15 is 0 Å². The van der Waals surface area contributed by atoms with Crippen LogP contribution in [0.1, 0.15) is 37.0 Å². The van der Waals surface area contributed by atoms with E-state index in [1.165, 1.54) is 16.7 Å². The first-order valence-corrected chi connectivity index (χ1v) is 10.3. The summed E-state index contributed by atoms with van der Waals surface area (Å²) in [6, 6.07) is 17.3. The molecule has 0 saturated carbocycles. The normalized spacial score (nSPS) is 29.4. The lowest BCUT2D eigenvalue weighted by Crippen LogP contribution is -2.60. The maximum Gasteiger partial charge on any atom is 0.115 e. The van der Waals surface area contributed by atoms with Crippen molar-refractivity contribution in [3.8, 4) is 5.75 Å². The van der Waals surface area contributed by atoms with Gasteiger partial charge in [-0.2, -0.15) is 0 Å². The van der Waals surface area contributed by atoms with Crippen LogP contribution in [-0.4, -0.2) is 47.1 Å². The monoisotopic (exact) mass is 364 g/mol. The molecule has 1 N–H and O–H groups in total. The Hall–Kier alpha value is -1.84. The average molecular weight is 365 g/mol. The highest BCUT2D eigenvalue weighted by atomic mass is 16.3. The summed E-state index contributed by atoms with van der Waals surface area (Å²) < 4.78 is 0. The van der Waals surface area contributed by atoms with Crippen LogP contribution in [0.15, 0.2) is 48.5 Å². The van der Waals surface area contributed by atoms with Crippen LogP contribution in [0.2, 0.25) is 0 Å². The molecular weight excluding hydrogens is 332 g/mol. The van der Waals surface area contributed by atoms with Gasteiger partial charge >= 0.3 is 0 Å². The van der Waals surface area contributed by atoms with E-state index in [9.17, 15) is 5.11 Å². The molecule has 3 heteroatoms. The van der Waals surface area contributed by atoms with Gasteiger partial charge in [-0.15, -0.1) is 0 Å². The van der Waals surface area contributed by atoms with Crippen LogP contribution in [0.5, 0.6) is 5.75 Å². The SMILES string of the molecule is Cc1ccccc1CN1CCN2C[C@H](C)C(C)(c3cccc(O)c3)C[C@@H]2C1. The summed E-state index contributed by atoms with van der Waals surface area (Å²) in [4.78, 5) is 5.33. The number of phenolic OH excluding ortho intramolecular Hbond substituents is 1. The zero-order valence-electron chi connectivity index (χ0n) is 16.9. The van der Waals surface area contributed by atoms with Crippen LogP contribution < -0.4 is 0 Å². The number of rotatable bonds is 3. The van der Waals surface area contributed by atoms with Crippen molar-refractivity contribution in [3.63, 3.8) is 0 Å². The van der Waals surface area contributed by atoms with Crippen molar-refractivity contribution in [1.82, 2.24) is 9.80 Å². The fraction of sp³-hybridized carbons (Fsp3) is 0.500. The molecule has 144 valence electrons. The summed E-state index contributed by atoms with van der Waals surface area (Å²) in [5.41, 5.74) is 4.24. The third kappa shape index (κ3) is 3.63. The van der Waals surface area contributed by atoms with Crippen molar-refractivity contribution in [1.29, 1.82) is 0 Å². The van der Waals surface area contributed by atoms with Gasteiger partial charge in [-0.3, -0.25) is 9.80 Å². The molecule has 4 rings (SSSR count). The van der Waals surface area contributed by atoms with E-state index in [1.807, 2.05) is 12.1 Å². The average Bonchev–Trinajstić information content (AvgIpc) is 2.65. The largest absolute Gasteiger partial charge is 0.508 e. The quantitative estimate of drug-likeness (QED) is 0.885. The molecule has 0 bridgehead atoms. The molecule has 3 atom stereocenters. The summed E-state index contributed by atoms with van der Waals surface area (Å²) in [7, 11) is 0. The minimum absolute atomic E-state index is 0.117. The molecule has 0 radical (unpaired) electrons. The molecule has 1 unspecified atom stereocenters. The van der Waals surface area contributed by atoms with Crippen molar-refractivity contribution >= 4 is 0 Å². The van der Waals surface area contributed by atoms with Crippen LogP contribution in [0.3, 0.4) is 0 Å². The van der Waals surface area contributed by atoms with E-state index in [0.29, 0.717) is 17.7 Å². The molecule has 0 spiro atoms. The van der Waals surface area contributed by atoms with Crippen molar-refractivity contribution in [2.75, 3.05) is 26.2 Å². The molecule has 2 fully saturated rings. The van der Waals surface area contributed by atoms with Crippen LogP contribution in [0.25, 0.3) is 0 Å². The van der Waals surface area contributed by atoms with Gasteiger partial charge in [0.2, 0.25) is 0 Å². The number of fused-ring (bicyclic) bond motifs is 1. The van der Waals surface area contributed by atoms with Crippen LogP contribution in [-0.2, 0) is 12.0 Å². The smallest absolute Gasteiger partial charge is 0.115 e. The van der Waals surface area contributed by atoms with Gasteiger partial charge in [-0.05, 0) is 53.5 Å². The molecule has 2 saturated heterocycles. The number of benzene rings is 2. The second-order valence-corrected chi connectivity index (χ2v) is 8.88. The molecule has 0 aromatic heterocycles. The fourth-order valence-corrected chi connectivity index (χ4v) is 5.07. The Labute approximate surface area is 163 Å². The molecule has 27 heavy (non-hydrogen) atoms. The van der Waals surface area contributed by atoms with E-state index < -0.39 is 0 Å². The Bertz CT molecular complexity index is 804. The number of aromatic hydroxyl groups is 1. The molecule has 2 aliphatic heterocycles. The molecule has 2 aliphatic rings. The summed E-state index contributed by atoms with van der Waals surface area (Å²) >= 11 is 0. The van der Waals surface area contributed by atoms with Crippen LogP contribution in [0.4, 0.5) is 0 Å². The predicted octanol–water partition coefficient (Wildman–Crippen LogP) is 4.18. The molecule has 3 nitrogen and oxygen atoms in total. The Kier molecular flexibility index (Phi) is 5.00. The Balaban J connectivity index is 1.51. The highest BCUT2D eigenvalue weighted by Crippen LogP contribution is 2.43. The second-order valence-electron chi connectivity index (χ2n) is 8.88. The number of phenols is 1. The topological polar surface area (TPSA) is 26.7 Å². The number of hydrogen-bond acceptors (Lipinski definition) is 3. The molecule has 2 heterocycles. The van der Waals surface area contributed by atoms with Gasteiger partial charge in [0, 0.05) is 38.8 Å². The maximum absolute atomic E-state index is 9.99. The third-order valence-electron chi connectivity index (χ3n) is 7.11. The lowest BCUT2D eigenvalue weighted by atomic mass is 9.65. The lowest BCUT2D eigenvalue weighted by Gasteiger charge is -2.53. The van der Waals surface area contributed by atoms with Crippen molar-refractivity contribution in [2.24, 2.45) is 5.92 Å². The molecule has 2 aromatic rings. The van der Waals surface area contributed by atoms with E-state index in [4.69, 9.17) is 0 Å². The van der Waals surface area contributed by atoms with Gasteiger partial charge in [0.15, 0.2) is 0 Å².